The number of rotatable bonds is 2. The Morgan fingerprint density at radius 1 is 1.06 bits per heavy atom. The van der Waals surface area contributed by atoms with Crippen molar-refractivity contribution in [1.82, 2.24) is 4.57 Å². The van der Waals surface area contributed by atoms with E-state index in [1.54, 1.807) is 0 Å². The second-order valence-electron chi connectivity index (χ2n) is 4.54. The molecule has 0 unspecified atom stereocenters. The van der Waals surface area contributed by atoms with Gasteiger partial charge in [0, 0.05) is 36.3 Å². The van der Waals surface area contributed by atoms with Gasteiger partial charge in [0.15, 0.2) is 6.20 Å². The summed E-state index contributed by atoms with van der Waals surface area (Å²) < 4.78 is 4.47. The van der Waals surface area contributed by atoms with Gasteiger partial charge in [-0.3, -0.25) is 0 Å². The van der Waals surface area contributed by atoms with Gasteiger partial charge in [0.25, 0.3) is 0 Å². The lowest BCUT2D eigenvalue weighted by molar-refractivity contribution is -0.682. The summed E-state index contributed by atoms with van der Waals surface area (Å²) in [4.78, 5) is 0. The minimum absolute atomic E-state index is 0.986. The van der Waals surface area contributed by atoms with Crippen molar-refractivity contribution in [1.29, 1.82) is 0 Å². The summed E-state index contributed by atoms with van der Waals surface area (Å²) in [6.45, 7) is 3.16. The summed E-state index contributed by atoms with van der Waals surface area (Å²) in [6, 6.07) is 14.9. The van der Waals surface area contributed by atoms with Crippen molar-refractivity contribution in [2.45, 2.75) is 13.5 Å². The van der Waals surface area contributed by atoms with Crippen LogP contribution in [0.1, 0.15) is 6.92 Å². The molecule has 0 amide bonds. The van der Waals surface area contributed by atoms with Gasteiger partial charge in [0.1, 0.15) is 6.54 Å². The average molecular weight is 237 g/mol. The maximum Gasteiger partial charge on any atom is 0.214 e. The van der Waals surface area contributed by atoms with E-state index in [0.717, 1.165) is 6.54 Å². The SMILES string of the molecule is CC[n+]1ccccc1-c1cn(C)c2ccccc12. The molecule has 90 valence electrons. The van der Waals surface area contributed by atoms with E-state index < -0.39 is 0 Å². The fraction of sp³-hybridized carbons (Fsp3) is 0.188. The van der Waals surface area contributed by atoms with Gasteiger partial charge in [0.2, 0.25) is 5.69 Å². The van der Waals surface area contributed by atoms with Gasteiger partial charge >= 0.3 is 0 Å². The van der Waals surface area contributed by atoms with Gasteiger partial charge in [-0.15, -0.1) is 0 Å². The summed E-state index contributed by atoms with van der Waals surface area (Å²) in [7, 11) is 2.10. The third-order valence-electron chi connectivity index (χ3n) is 3.45. The smallest absolute Gasteiger partial charge is 0.214 e. The van der Waals surface area contributed by atoms with E-state index in [2.05, 4.69) is 78.0 Å². The molecule has 0 bridgehead atoms. The molecule has 3 aromatic rings. The number of para-hydroxylation sites is 1. The Hall–Kier alpha value is -2.09. The molecule has 0 spiro atoms. The third-order valence-corrected chi connectivity index (χ3v) is 3.45. The van der Waals surface area contributed by atoms with Crippen LogP contribution < -0.4 is 4.57 Å². The van der Waals surface area contributed by atoms with Gasteiger partial charge in [0.05, 0.1) is 5.56 Å². The number of aryl methyl sites for hydroxylation is 2. The van der Waals surface area contributed by atoms with E-state index in [4.69, 9.17) is 0 Å². The van der Waals surface area contributed by atoms with Crippen LogP contribution >= 0.6 is 0 Å². The summed E-state index contributed by atoms with van der Waals surface area (Å²) in [6.07, 6.45) is 4.35. The van der Waals surface area contributed by atoms with Gasteiger partial charge < -0.3 is 4.57 Å². The highest BCUT2D eigenvalue weighted by molar-refractivity contribution is 5.94. The van der Waals surface area contributed by atoms with Crippen molar-refractivity contribution in [3.8, 4) is 11.3 Å². The lowest BCUT2D eigenvalue weighted by Crippen LogP contribution is -2.34. The Bertz CT molecular complexity index is 695. The molecule has 0 fully saturated rings. The van der Waals surface area contributed by atoms with Crippen LogP contribution in [0, 0.1) is 0 Å². The van der Waals surface area contributed by atoms with Crippen molar-refractivity contribution in [2.75, 3.05) is 0 Å². The Morgan fingerprint density at radius 2 is 1.83 bits per heavy atom. The predicted molar refractivity (Wildman–Crippen MR) is 74.2 cm³/mol. The van der Waals surface area contributed by atoms with Crippen LogP contribution in [-0.2, 0) is 13.6 Å². The highest BCUT2D eigenvalue weighted by Crippen LogP contribution is 2.27. The molecule has 0 radical (unpaired) electrons. The molecule has 0 aliphatic heterocycles. The molecule has 18 heavy (non-hydrogen) atoms. The van der Waals surface area contributed by atoms with Gasteiger partial charge in [-0.25, -0.2) is 0 Å². The molecule has 2 heteroatoms. The van der Waals surface area contributed by atoms with Crippen LogP contribution in [0.25, 0.3) is 22.2 Å². The third kappa shape index (κ3) is 1.61. The maximum absolute atomic E-state index is 2.28. The predicted octanol–water partition coefficient (Wildman–Crippen LogP) is 3.15. The Labute approximate surface area is 107 Å². The maximum atomic E-state index is 2.28. The lowest BCUT2D eigenvalue weighted by Gasteiger charge is -2.00. The minimum atomic E-state index is 0.986. The summed E-state index contributed by atoms with van der Waals surface area (Å²) >= 11 is 0. The fourth-order valence-corrected chi connectivity index (χ4v) is 2.54. The van der Waals surface area contributed by atoms with Crippen molar-refractivity contribution in [2.24, 2.45) is 7.05 Å². The number of aromatic nitrogens is 2. The van der Waals surface area contributed by atoms with Crippen LogP contribution in [0.2, 0.25) is 0 Å². The quantitative estimate of drug-likeness (QED) is 0.605. The first-order chi connectivity index (χ1) is 8.81. The van der Waals surface area contributed by atoms with Crippen LogP contribution in [-0.4, -0.2) is 4.57 Å². The summed E-state index contributed by atoms with van der Waals surface area (Å²) in [5.41, 5.74) is 3.85. The average Bonchev–Trinajstić information content (AvgIpc) is 2.77. The molecule has 0 atom stereocenters. The van der Waals surface area contributed by atoms with Gasteiger partial charge in [-0.2, -0.15) is 4.57 Å². The number of hydrogen-bond donors (Lipinski definition) is 0. The summed E-state index contributed by atoms with van der Waals surface area (Å²) in [5.74, 6) is 0. The normalized spacial score (nSPS) is 11.0. The van der Waals surface area contributed by atoms with E-state index in [1.165, 1.54) is 22.2 Å². The second kappa shape index (κ2) is 4.30. The summed E-state index contributed by atoms with van der Waals surface area (Å²) in [5, 5.41) is 1.31. The van der Waals surface area contributed by atoms with E-state index in [-0.39, 0.29) is 0 Å². The van der Waals surface area contributed by atoms with Gasteiger partial charge in [-0.05, 0) is 19.1 Å². The number of hydrogen-bond acceptors (Lipinski definition) is 0. The molecule has 1 aromatic carbocycles. The van der Waals surface area contributed by atoms with Crippen LogP contribution in [0.3, 0.4) is 0 Å². The Morgan fingerprint density at radius 3 is 2.67 bits per heavy atom. The number of benzene rings is 1. The van der Waals surface area contributed by atoms with Crippen LogP contribution in [0.4, 0.5) is 0 Å². The minimum Gasteiger partial charge on any atom is -0.350 e. The van der Waals surface area contributed by atoms with Crippen LogP contribution in [0.5, 0.6) is 0 Å². The van der Waals surface area contributed by atoms with E-state index in [1.807, 2.05) is 0 Å². The molecule has 2 aromatic heterocycles. The fourth-order valence-electron chi connectivity index (χ4n) is 2.54. The molecule has 3 rings (SSSR count). The topological polar surface area (TPSA) is 8.81 Å². The molecule has 0 N–H and O–H groups in total. The first-order valence-electron chi connectivity index (χ1n) is 6.34. The molecule has 2 heterocycles. The Kier molecular flexibility index (Phi) is 2.63. The van der Waals surface area contributed by atoms with E-state index in [0.29, 0.717) is 0 Å². The highest BCUT2D eigenvalue weighted by Gasteiger charge is 2.15. The molecule has 0 aliphatic rings. The van der Waals surface area contributed by atoms with Crippen molar-refractivity contribution in [3.05, 3.63) is 54.9 Å². The number of fused-ring (bicyclic) bond motifs is 1. The molecule has 0 aliphatic carbocycles. The monoisotopic (exact) mass is 237 g/mol. The molecule has 0 saturated heterocycles. The zero-order valence-corrected chi connectivity index (χ0v) is 10.8. The zero-order chi connectivity index (χ0) is 12.5. The molecule has 0 saturated carbocycles. The van der Waals surface area contributed by atoms with E-state index >= 15 is 0 Å². The van der Waals surface area contributed by atoms with Gasteiger partial charge in [-0.1, -0.05) is 18.2 Å². The second-order valence-corrected chi connectivity index (χ2v) is 4.54. The standard InChI is InChI=1S/C16H17N2/c1-3-18-11-7-6-10-16(18)14-12-17(2)15-9-5-4-8-13(14)15/h4-12H,3H2,1-2H3/q+1. The number of nitrogens with zero attached hydrogens (tertiary/aromatic N) is 2. The van der Waals surface area contributed by atoms with E-state index in [9.17, 15) is 0 Å². The van der Waals surface area contributed by atoms with Crippen molar-refractivity contribution < 1.29 is 4.57 Å². The van der Waals surface area contributed by atoms with Crippen LogP contribution in [0.15, 0.2) is 54.9 Å². The van der Waals surface area contributed by atoms with Crippen molar-refractivity contribution >= 4 is 10.9 Å². The highest BCUT2D eigenvalue weighted by atomic mass is 15.0. The first-order valence-corrected chi connectivity index (χ1v) is 6.34. The molecule has 2 nitrogen and oxygen atoms in total. The molecular formula is C16H17N2+. The Balaban J connectivity index is 2.32. The first kappa shape index (κ1) is 11.0. The largest absolute Gasteiger partial charge is 0.350 e. The number of pyridine rings is 1. The van der Waals surface area contributed by atoms with Crippen molar-refractivity contribution in [3.63, 3.8) is 0 Å². The zero-order valence-electron chi connectivity index (χ0n) is 10.8. The lowest BCUT2D eigenvalue weighted by atomic mass is 10.1. The molecular weight excluding hydrogens is 220 g/mol.